The van der Waals surface area contributed by atoms with Crippen LogP contribution in [0.25, 0.3) is 21.7 Å². The molecule has 1 aliphatic rings. The zero-order valence-electron chi connectivity index (χ0n) is 23.6. The summed E-state index contributed by atoms with van der Waals surface area (Å²) in [6, 6.07) is 21.3. The van der Waals surface area contributed by atoms with Crippen LogP contribution in [0.4, 0.5) is 10.6 Å². The molecule has 1 saturated carbocycles. The van der Waals surface area contributed by atoms with Crippen molar-refractivity contribution in [1.82, 2.24) is 9.88 Å². The quantitative estimate of drug-likeness (QED) is 0.135. The second-order valence-electron chi connectivity index (χ2n) is 11.6. The number of hydrogen-bond donors (Lipinski definition) is 4. The van der Waals surface area contributed by atoms with E-state index in [2.05, 4.69) is 29.6 Å². The molecule has 1 amide bonds. The lowest BCUT2D eigenvalue weighted by atomic mass is 9.91. The summed E-state index contributed by atoms with van der Waals surface area (Å²) in [7, 11) is -2.96. The summed E-state index contributed by atoms with van der Waals surface area (Å²) in [5.74, 6) is 0.530. The molecule has 0 radical (unpaired) electrons. The highest BCUT2D eigenvalue weighted by molar-refractivity contribution is 7.74. The number of nitrogens with zero attached hydrogens (tertiary/aromatic N) is 2. The standard InChI is InChI=1S/C31H37N5O4S/c1-31(2,3)40-30(37)34-24-13-15-25(16-14-24)36(41(38)39)28-18-21-11-12-22(29(32)33)17-27(21)35(28)19-23-9-6-8-20-7-4-5-10-26(20)23/h4-12,17-18,24-25,41H,13-16,19H2,1-3H3,(H3,32,33)(H,34,37)/t24-,25-. The minimum absolute atomic E-state index is 0.0473. The molecule has 216 valence electrons. The number of carbonyl (C=O) groups is 1. The summed E-state index contributed by atoms with van der Waals surface area (Å²) in [4.78, 5) is 12.3. The van der Waals surface area contributed by atoms with Crippen molar-refractivity contribution in [3.05, 3.63) is 77.9 Å². The molecule has 41 heavy (non-hydrogen) atoms. The summed E-state index contributed by atoms with van der Waals surface area (Å²) in [5, 5.41) is 14.0. The molecule has 1 aromatic heterocycles. The van der Waals surface area contributed by atoms with Crippen LogP contribution in [0.2, 0.25) is 0 Å². The van der Waals surface area contributed by atoms with Crippen LogP contribution in [-0.4, -0.2) is 42.6 Å². The molecule has 0 atom stereocenters. The highest BCUT2D eigenvalue weighted by Gasteiger charge is 2.31. The molecule has 1 heterocycles. The van der Waals surface area contributed by atoms with Crippen molar-refractivity contribution in [1.29, 1.82) is 5.41 Å². The molecule has 9 nitrogen and oxygen atoms in total. The number of nitrogens with two attached hydrogens (primary N) is 1. The number of benzene rings is 3. The number of alkyl carbamates (subject to hydrolysis) is 1. The van der Waals surface area contributed by atoms with Gasteiger partial charge in [-0.25, -0.2) is 13.2 Å². The van der Waals surface area contributed by atoms with E-state index in [1.807, 2.05) is 61.7 Å². The number of anilines is 1. The molecule has 4 N–H and O–H groups in total. The number of nitrogen functional groups attached to an aromatic ring is 1. The Morgan fingerprint density at radius 1 is 1.02 bits per heavy atom. The minimum atomic E-state index is -2.96. The average Bonchev–Trinajstić information content (AvgIpc) is 3.25. The average molecular weight is 576 g/mol. The smallest absolute Gasteiger partial charge is 0.407 e. The Balaban J connectivity index is 1.50. The number of rotatable bonds is 7. The van der Waals surface area contributed by atoms with Gasteiger partial charge in [0, 0.05) is 23.0 Å². The molecule has 0 saturated heterocycles. The predicted molar refractivity (Wildman–Crippen MR) is 164 cm³/mol. The maximum absolute atomic E-state index is 12.9. The first-order valence-electron chi connectivity index (χ1n) is 13.9. The number of nitrogens with one attached hydrogen (secondary N) is 2. The van der Waals surface area contributed by atoms with Gasteiger partial charge in [-0.15, -0.1) is 0 Å². The van der Waals surface area contributed by atoms with Crippen LogP contribution in [0.1, 0.15) is 57.6 Å². The van der Waals surface area contributed by atoms with E-state index in [0.29, 0.717) is 43.6 Å². The fourth-order valence-corrected chi connectivity index (χ4v) is 6.54. The van der Waals surface area contributed by atoms with Crippen LogP contribution >= 0.6 is 0 Å². The van der Waals surface area contributed by atoms with Crippen LogP contribution < -0.4 is 15.4 Å². The zero-order chi connectivity index (χ0) is 29.3. The first-order valence-corrected chi connectivity index (χ1v) is 15.0. The Kier molecular flexibility index (Phi) is 7.95. The molecular weight excluding hydrogens is 538 g/mol. The topological polar surface area (TPSA) is 131 Å². The van der Waals surface area contributed by atoms with Gasteiger partial charge in [-0.1, -0.05) is 54.6 Å². The van der Waals surface area contributed by atoms with Crippen molar-refractivity contribution >= 4 is 50.3 Å². The number of amides is 1. The van der Waals surface area contributed by atoms with Gasteiger partial charge in [0.05, 0.1) is 12.1 Å². The van der Waals surface area contributed by atoms with Gasteiger partial charge in [0.2, 0.25) is 10.9 Å². The highest BCUT2D eigenvalue weighted by atomic mass is 32.2. The first-order chi connectivity index (χ1) is 19.5. The lowest BCUT2D eigenvalue weighted by Gasteiger charge is -2.35. The highest BCUT2D eigenvalue weighted by Crippen LogP contribution is 2.34. The number of carbonyl (C=O) groups excluding carboxylic acids is 1. The summed E-state index contributed by atoms with van der Waals surface area (Å²) < 4.78 is 34.7. The molecule has 0 aliphatic heterocycles. The summed E-state index contributed by atoms with van der Waals surface area (Å²) in [5.41, 5.74) is 7.68. The fourth-order valence-electron chi connectivity index (χ4n) is 5.71. The van der Waals surface area contributed by atoms with Gasteiger partial charge in [-0.05, 0) is 74.9 Å². The second-order valence-corrected chi connectivity index (χ2v) is 12.6. The van der Waals surface area contributed by atoms with E-state index in [1.165, 1.54) is 4.31 Å². The van der Waals surface area contributed by atoms with Gasteiger partial charge in [0.25, 0.3) is 0 Å². The van der Waals surface area contributed by atoms with Gasteiger partial charge in [-0.2, -0.15) is 0 Å². The van der Waals surface area contributed by atoms with E-state index in [4.69, 9.17) is 15.9 Å². The maximum Gasteiger partial charge on any atom is 0.407 e. The number of ether oxygens (including phenoxy) is 1. The van der Waals surface area contributed by atoms with Gasteiger partial charge >= 0.3 is 6.09 Å². The lowest BCUT2D eigenvalue weighted by molar-refractivity contribution is 0.0491. The van der Waals surface area contributed by atoms with Crippen molar-refractivity contribution in [2.45, 2.75) is 70.7 Å². The predicted octanol–water partition coefficient (Wildman–Crippen LogP) is 5.30. The van der Waals surface area contributed by atoms with E-state index in [-0.39, 0.29) is 17.9 Å². The summed E-state index contributed by atoms with van der Waals surface area (Å²) in [6.07, 6.45) is 2.02. The van der Waals surface area contributed by atoms with Crippen molar-refractivity contribution in [3.8, 4) is 0 Å². The molecule has 1 aliphatic carbocycles. The number of thiol groups is 1. The second kappa shape index (κ2) is 11.4. The van der Waals surface area contributed by atoms with Crippen LogP contribution in [0.15, 0.2) is 66.7 Å². The van der Waals surface area contributed by atoms with Crippen LogP contribution in [0.3, 0.4) is 0 Å². The Bertz CT molecular complexity index is 1670. The van der Waals surface area contributed by atoms with Crippen molar-refractivity contribution < 1.29 is 17.9 Å². The Labute approximate surface area is 241 Å². The number of amidine groups is 1. The lowest BCUT2D eigenvalue weighted by Crippen LogP contribution is -2.45. The minimum Gasteiger partial charge on any atom is -0.444 e. The van der Waals surface area contributed by atoms with Crippen molar-refractivity contribution in [2.24, 2.45) is 5.73 Å². The van der Waals surface area contributed by atoms with E-state index >= 15 is 0 Å². The summed E-state index contributed by atoms with van der Waals surface area (Å²) >= 11 is 0. The van der Waals surface area contributed by atoms with E-state index in [9.17, 15) is 13.2 Å². The van der Waals surface area contributed by atoms with E-state index < -0.39 is 22.6 Å². The molecule has 1 fully saturated rings. The number of hydrogen-bond acceptors (Lipinski definition) is 5. The van der Waals surface area contributed by atoms with Crippen LogP contribution in [0, 0.1) is 5.41 Å². The van der Waals surface area contributed by atoms with E-state index in [1.54, 1.807) is 6.07 Å². The molecule has 0 unspecified atom stereocenters. The Morgan fingerprint density at radius 3 is 2.41 bits per heavy atom. The van der Waals surface area contributed by atoms with Crippen LogP contribution in [-0.2, 0) is 22.2 Å². The summed E-state index contributed by atoms with van der Waals surface area (Å²) in [6.45, 7) is 5.91. The maximum atomic E-state index is 12.9. The third-order valence-electron chi connectivity index (χ3n) is 7.58. The number of fused-ring (bicyclic) bond motifs is 2. The van der Waals surface area contributed by atoms with Crippen molar-refractivity contribution in [2.75, 3.05) is 4.31 Å². The van der Waals surface area contributed by atoms with Gasteiger partial charge in [-0.3, -0.25) is 9.71 Å². The molecule has 4 aromatic rings. The van der Waals surface area contributed by atoms with E-state index in [0.717, 1.165) is 27.2 Å². The molecule has 10 heteroatoms. The largest absolute Gasteiger partial charge is 0.444 e. The van der Waals surface area contributed by atoms with Gasteiger partial charge in [0.1, 0.15) is 17.3 Å². The Hall–Kier alpha value is -4.05. The number of aromatic nitrogens is 1. The third kappa shape index (κ3) is 6.32. The van der Waals surface area contributed by atoms with Crippen molar-refractivity contribution in [3.63, 3.8) is 0 Å². The fraction of sp³-hybridized carbons (Fsp3) is 0.355. The Morgan fingerprint density at radius 2 is 1.73 bits per heavy atom. The molecule has 0 bridgehead atoms. The zero-order valence-corrected chi connectivity index (χ0v) is 24.5. The molecule has 3 aromatic carbocycles. The normalized spacial score (nSPS) is 17.6. The van der Waals surface area contributed by atoms with Gasteiger partial charge < -0.3 is 20.4 Å². The molecule has 0 spiro atoms. The molecular formula is C31H37N5O4S. The van der Waals surface area contributed by atoms with Gasteiger partial charge in [0.15, 0.2) is 0 Å². The first kappa shape index (κ1) is 28.5. The monoisotopic (exact) mass is 575 g/mol. The molecule has 5 rings (SSSR count). The SMILES string of the molecule is CC(C)(C)OC(=O)N[C@H]1CC[C@H](N(c2cc3ccc(C(=N)N)cc3n2Cc2cccc3ccccc23)[SH](=O)=O)CC1. The third-order valence-corrected chi connectivity index (χ3v) is 8.46. The van der Waals surface area contributed by atoms with Crippen LogP contribution in [0.5, 0.6) is 0 Å².